The number of benzene rings is 1. The first-order valence-corrected chi connectivity index (χ1v) is 7.96. The van der Waals surface area contributed by atoms with Crippen LogP contribution in [0.15, 0.2) is 28.5 Å². The molecule has 1 aromatic rings. The van der Waals surface area contributed by atoms with Crippen LogP contribution in [0.3, 0.4) is 0 Å². The second kappa shape index (κ2) is 4.52. The Morgan fingerprint density at radius 2 is 2.22 bits per heavy atom. The van der Waals surface area contributed by atoms with Gasteiger partial charge in [0, 0.05) is 5.41 Å². The Bertz CT molecular complexity index is 584. The first-order valence-electron chi connectivity index (χ1n) is 6.42. The summed E-state index contributed by atoms with van der Waals surface area (Å²) in [5.74, 6) is 0.679. The van der Waals surface area contributed by atoms with Gasteiger partial charge in [0.1, 0.15) is 0 Å². The largest absolute Gasteiger partial charge is 0.316 e. The van der Waals surface area contributed by atoms with Crippen molar-refractivity contribution in [3.05, 3.63) is 34.7 Å². The average molecular weight is 263 g/mol. The molecule has 0 aliphatic carbocycles. The topological polar surface area (TPSA) is 46.2 Å². The van der Waals surface area contributed by atoms with Crippen LogP contribution in [0.5, 0.6) is 0 Å². The molecular weight excluding hydrogens is 246 g/mol. The zero-order valence-corrected chi connectivity index (χ0v) is 11.0. The Balaban J connectivity index is 1.81. The van der Waals surface area contributed by atoms with E-state index in [1.807, 2.05) is 12.1 Å². The molecule has 0 amide bonds. The summed E-state index contributed by atoms with van der Waals surface area (Å²) < 4.78 is 23.3. The number of sulfone groups is 1. The molecule has 18 heavy (non-hydrogen) atoms. The Morgan fingerprint density at radius 1 is 1.33 bits per heavy atom. The van der Waals surface area contributed by atoms with E-state index in [4.69, 9.17) is 0 Å². The van der Waals surface area contributed by atoms with Crippen molar-refractivity contribution < 1.29 is 8.42 Å². The highest BCUT2D eigenvalue weighted by atomic mass is 32.2. The second-order valence-corrected chi connectivity index (χ2v) is 6.94. The van der Waals surface area contributed by atoms with Crippen LogP contribution in [0.1, 0.15) is 24.0 Å². The lowest BCUT2D eigenvalue weighted by molar-refractivity contribution is 0.376. The Hall–Kier alpha value is -1.13. The van der Waals surface area contributed by atoms with Gasteiger partial charge in [-0.2, -0.15) is 0 Å². The third-order valence-electron chi connectivity index (χ3n) is 3.73. The smallest absolute Gasteiger partial charge is 0.200 e. The molecule has 1 aromatic carbocycles. The quantitative estimate of drug-likeness (QED) is 0.887. The summed E-state index contributed by atoms with van der Waals surface area (Å²) >= 11 is 0. The van der Waals surface area contributed by atoms with Crippen LogP contribution in [-0.4, -0.2) is 21.5 Å². The Morgan fingerprint density at radius 3 is 3.00 bits per heavy atom. The van der Waals surface area contributed by atoms with Gasteiger partial charge in [-0.15, -0.1) is 0 Å². The minimum absolute atomic E-state index is 0.452. The van der Waals surface area contributed by atoms with Gasteiger partial charge < -0.3 is 5.32 Å². The van der Waals surface area contributed by atoms with Crippen LogP contribution in [0.4, 0.5) is 0 Å². The predicted octanol–water partition coefficient (Wildman–Crippen LogP) is 1.99. The van der Waals surface area contributed by atoms with Crippen LogP contribution in [0.2, 0.25) is 0 Å². The van der Waals surface area contributed by atoms with E-state index in [9.17, 15) is 8.42 Å². The summed E-state index contributed by atoms with van der Waals surface area (Å²) in [7, 11) is -3.15. The van der Waals surface area contributed by atoms with Gasteiger partial charge in [-0.3, -0.25) is 0 Å². The van der Waals surface area contributed by atoms with E-state index in [0.717, 1.165) is 25.1 Å². The van der Waals surface area contributed by atoms with Crippen LogP contribution >= 0.6 is 0 Å². The van der Waals surface area contributed by atoms with Crippen molar-refractivity contribution in [3.8, 4) is 0 Å². The first kappa shape index (κ1) is 11.9. The van der Waals surface area contributed by atoms with E-state index in [2.05, 4.69) is 5.32 Å². The van der Waals surface area contributed by atoms with E-state index in [1.54, 1.807) is 12.1 Å². The highest BCUT2D eigenvalue weighted by molar-refractivity contribution is 7.94. The van der Waals surface area contributed by atoms with E-state index < -0.39 is 9.84 Å². The van der Waals surface area contributed by atoms with E-state index >= 15 is 0 Å². The van der Waals surface area contributed by atoms with Crippen molar-refractivity contribution in [2.45, 2.75) is 24.2 Å². The third kappa shape index (κ3) is 2.22. The normalized spacial score (nSPS) is 25.0. The van der Waals surface area contributed by atoms with Gasteiger partial charge >= 0.3 is 0 Å². The summed E-state index contributed by atoms with van der Waals surface area (Å²) in [5.41, 5.74) is 2.08. The van der Waals surface area contributed by atoms with Gasteiger partial charge in [-0.25, -0.2) is 8.42 Å². The lowest BCUT2D eigenvalue weighted by Crippen LogP contribution is -2.30. The number of nitrogens with one attached hydrogen (secondary N) is 1. The highest BCUT2D eigenvalue weighted by Gasteiger charge is 2.21. The molecule has 2 aliphatic rings. The van der Waals surface area contributed by atoms with Crippen molar-refractivity contribution in [2.75, 3.05) is 13.1 Å². The molecular formula is C14H17NO2S. The summed E-state index contributed by atoms with van der Waals surface area (Å²) in [4.78, 5) is 0.452. The van der Waals surface area contributed by atoms with Gasteiger partial charge in [0.25, 0.3) is 0 Å². The fraction of sp³-hybridized carbons (Fsp3) is 0.429. The summed E-state index contributed by atoms with van der Waals surface area (Å²) in [5, 5.41) is 4.71. The van der Waals surface area contributed by atoms with Crippen molar-refractivity contribution in [2.24, 2.45) is 5.92 Å². The summed E-state index contributed by atoms with van der Waals surface area (Å²) in [6.45, 7) is 2.20. The molecule has 1 unspecified atom stereocenters. The number of hydrogen-bond donors (Lipinski definition) is 1. The second-order valence-electron chi connectivity index (χ2n) is 5.14. The average Bonchev–Trinajstić information content (AvgIpc) is 2.66. The van der Waals surface area contributed by atoms with Crippen LogP contribution in [0.25, 0.3) is 6.08 Å². The number of hydrogen-bond acceptors (Lipinski definition) is 3. The van der Waals surface area contributed by atoms with Crippen molar-refractivity contribution in [1.29, 1.82) is 0 Å². The van der Waals surface area contributed by atoms with Gasteiger partial charge in [0.15, 0.2) is 9.84 Å². The first-order chi connectivity index (χ1) is 8.65. The van der Waals surface area contributed by atoms with Crippen LogP contribution < -0.4 is 5.32 Å². The predicted molar refractivity (Wildman–Crippen MR) is 72.0 cm³/mol. The van der Waals surface area contributed by atoms with Gasteiger partial charge in [0.05, 0.1) is 4.90 Å². The summed E-state index contributed by atoms with van der Waals surface area (Å²) in [6, 6.07) is 5.72. The van der Waals surface area contributed by atoms with E-state index in [1.165, 1.54) is 23.8 Å². The van der Waals surface area contributed by atoms with Crippen LogP contribution in [-0.2, 0) is 16.3 Å². The molecule has 0 spiro atoms. The molecule has 1 fully saturated rings. The minimum Gasteiger partial charge on any atom is -0.316 e. The van der Waals surface area contributed by atoms with E-state index in [0.29, 0.717) is 10.8 Å². The SMILES string of the molecule is O=S1(=O)C=Cc2cc(CC3CCCNC3)ccc21. The number of fused-ring (bicyclic) bond motifs is 1. The molecule has 0 aromatic heterocycles. The maximum absolute atomic E-state index is 11.7. The molecule has 3 rings (SSSR count). The fourth-order valence-corrected chi connectivity index (χ4v) is 3.97. The standard InChI is InChI=1S/C14H17NO2S/c16-18(17)7-5-13-9-11(3-4-14(13)18)8-12-2-1-6-15-10-12/h3-5,7,9,12,15H,1-2,6,8,10H2. The molecule has 3 nitrogen and oxygen atoms in total. The van der Waals surface area contributed by atoms with Crippen molar-refractivity contribution in [1.82, 2.24) is 5.32 Å². The molecule has 2 heterocycles. The zero-order chi connectivity index (χ0) is 12.6. The van der Waals surface area contributed by atoms with Gasteiger partial charge in [0.2, 0.25) is 0 Å². The fourth-order valence-electron chi connectivity index (χ4n) is 2.78. The molecule has 1 N–H and O–H groups in total. The maximum atomic E-state index is 11.7. The maximum Gasteiger partial charge on any atom is 0.200 e. The van der Waals surface area contributed by atoms with Gasteiger partial charge in [-0.05, 0) is 61.5 Å². The molecule has 1 saturated heterocycles. The molecule has 96 valence electrons. The Kier molecular flexibility index (Phi) is 2.99. The monoisotopic (exact) mass is 263 g/mol. The molecule has 2 aliphatic heterocycles. The Labute approximate surface area is 108 Å². The summed E-state index contributed by atoms with van der Waals surface area (Å²) in [6.07, 6.45) is 5.24. The molecule has 4 heteroatoms. The molecule has 1 atom stereocenters. The van der Waals surface area contributed by atoms with Crippen molar-refractivity contribution >= 4 is 15.9 Å². The zero-order valence-electron chi connectivity index (χ0n) is 10.2. The molecule has 0 radical (unpaired) electrons. The van der Waals surface area contributed by atoms with Crippen LogP contribution in [0, 0.1) is 5.92 Å². The molecule has 0 saturated carbocycles. The van der Waals surface area contributed by atoms with Gasteiger partial charge in [-0.1, -0.05) is 12.1 Å². The number of rotatable bonds is 2. The lowest BCUT2D eigenvalue weighted by atomic mass is 9.92. The number of piperidine rings is 1. The van der Waals surface area contributed by atoms with Crippen molar-refractivity contribution in [3.63, 3.8) is 0 Å². The molecule has 0 bridgehead atoms. The lowest BCUT2D eigenvalue weighted by Gasteiger charge is -2.22. The van der Waals surface area contributed by atoms with E-state index in [-0.39, 0.29) is 0 Å². The minimum atomic E-state index is -3.15. The highest BCUT2D eigenvalue weighted by Crippen LogP contribution is 2.28. The third-order valence-corrected chi connectivity index (χ3v) is 5.21.